The third-order valence-corrected chi connectivity index (χ3v) is 10.1. The molecule has 0 bridgehead atoms. The molecule has 1 aliphatic heterocycles. The second-order valence-electron chi connectivity index (χ2n) is 11.5. The smallest absolute Gasteiger partial charge is 0.193 e. The maximum absolute atomic E-state index is 13.6. The zero-order valence-electron chi connectivity index (χ0n) is 19.9. The summed E-state index contributed by atoms with van der Waals surface area (Å²) >= 11 is 0. The van der Waals surface area contributed by atoms with Crippen LogP contribution in [0.15, 0.2) is 35.9 Å². The summed E-state index contributed by atoms with van der Waals surface area (Å²) in [4.78, 5) is 25.5. The Morgan fingerprint density at radius 3 is 2.62 bits per heavy atom. The Hall–Kier alpha value is -1.89. The molecule has 1 aromatic rings. The SMILES string of the molecule is C[C@@]1(c2ccc([18F])cc2)O[C@@H]2C[C@H]3[C@@H]4CCC5=CC(=O)CC[C@@H]5[C@H]4CC[C@]3(C)[C@]2(C(=O)CO)O1. The lowest BCUT2D eigenvalue weighted by atomic mass is 9.50. The molecule has 34 heavy (non-hydrogen) atoms. The molecular weight excluding hydrogens is 434 g/mol. The Bertz CT molecular complexity index is 1070. The highest BCUT2D eigenvalue weighted by Crippen LogP contribution is 2.69. The molecule has 1 N–H and O–H groups in total. The first kappa shape index (κ1) is 22.6. The number of allylic oxidation sites excluding steroid dienone is 1. The molecule has 4 fully saturated rings. The summed E-state index contributed by atoms with van der Waals surface area (Å²) < 4.78 is 26.8. The maximum atomic E-state index is 13.6. The Kier molecular flexibility index (Phi) is 5.01. The van der Waals surface area contributed by atoms with Crippen LogP contribution in [-0.4, -0.2) is 35.0 Å². The number of carbonyl (C=O) groups excluding carboxylic acids is 2. The van der Waals surface area contributed by atoms with Gasteiger partial charge in [0, 0.05) is 17.4 Å². The third-order valence-electron chi connectivity index (χ3n) is 10.1. The standard InChI is InChI=1S/C28H33FO5/c1-26-12-11-21-20-10-8-19(31)13-16(20)3-9-22(21)23(26)14-25-28(26,24(32)15-30)34-27(2,33-25)17-4-6-18(29)7-5-17/h4-7,13,20-23,25,30H,3,8-12,14-15H2,1-2H3/t20-,21+,22+,23-,25+,26-,27+,28+/m0/s1/i29-1. The number of fused-ring (bicyclic) bond motifs is 7. The van der Waals surface area contributed by atoms with Crippen molar-refractivity contribution >= 4 is 11.6 Å². The van der Waals surface area contributed by atoms with E-state index in [1.54, 1.807) is 19.1 Å². The lowest BCUT2D eigenvalue weighted by Crippen LogP contribution is -2.60. The molecule has 5 nitrogen and oxygen atoms in total. The number of ketones is 2. The fraction of sp³-hybridized carbons (Fsp3) is 0.643. The molecule has 6 rings (SSSR count). The van der Waals surface area contributed by atoms with Gasteiger partial charge in [-0.2, -0.15) is 0 Å². The fourth-order valence-corrected chi connectivity index (χ4v) is 8.63. The predicted molar refractivity (Wildman–Crippen MR) is 122 cm³/mol. The van der Waals surface area contributed by atoms with Gasteiger partial charge in [-0.15, -0.1) is 0 Å². The largest absolute Gasteiger partial charge is 0.388 e. The number of carbonyl (C=O) groups is 2. The van der Waals surface area contributed by atoms with Gasteiger partial charge in [0.15, 0.2) is 23.0 Å². The number of hydrogen-bond acceptors (Lipinski definition) is 5. The quantitative estimate of drug-likeness (QED) is 0.710. The highest BCUT2D eigenvalue weighted by Gasteiger charge is 2.75. The van der Waals surface area contributed by atoms with Gasteiger partial charge in [-0.25, -0.2) is 4.39 Å². The minimum absolute atomic E-state index is 0.253. The van der Waals surface area contributed by atoms with Crippen molar-refractivity contribution in [3.8, 4) is 0 Å². The summed E-state index contributed by atoms with van der Waals surface area (Å²) in [7, 11) is 0. The number of aliphatic hydroxyl groups is 1. The average molecular weight is 468 g/mol. The highest BCUT2D eigenvalue weighted by atomic mass is 18.2. The van der Waals surface area contributed by atoms with E-state index in [4.69, 9.17) is 9.47 Å². The summed E-state index contributed by atoms with van der Waals surface area (Å²) in [5.74, 6) is 0.122. The van der Waals surface area contributed by atoms with Gasteiger partial charge in [-0.1, -0.05) is 24.6 Å². The topological polar surface area (TPSA) is 72.8 Å². The van der Waals surface area contributed by atoms with Crippen LogP contribution in [0.2, 0.25) is 0 Å². The van der Waals surface area contributed by atoms with Crippen LogP contribution in [0.25, 0.3) is 0 Å². The van der Waals surface area contributed by atoms with E-state index < -0.39 is 29.5 Å². The molecule has 5 aliphatic rings. The van der Waals surface area contributed by atoms with Gasteiger partial charge in [-0.3, -0.25) is 9.59 Å². The Morgan fingerprint density at radius 2 is 1.88 bits per heavy atom. The molecule has 6 heteroatoms. The van der Waals surface area contributed by atoms with E-state index in [1.807, 2.05) is 6.08 Å². The van der Waals surface area contributed by atoms with Crippen LogP contribution in [0, 0.1) is 34.9 Å². The lowest BCUT2D eigenvalue weighted by Gasteiger charge is -2.55. The van der Waals surface area contributed by atoms with Gasteiger partial charge in [0.05, 0.1) is 6.10 Å². The number of benzene rings is 1. The zero-order chi connectivity index (χ0) is 23.9. The normalized spacial score (nSPS) is 45.1. The summed E-state index contributed by atoms with van der Waals surface area (Å²) in [5, 5.41) is 10.1. The number of halogens is 1. The van der Waals surface area contributed by atoms with Crippen LogP contribution in [0.3, 0.4) is 0 Å². The first-order chi connectivity index (χ1) is 16.2. The van der Waals surface area contributed by atoms with Crippen LogP contribution >= 0.6 is 0 Å². The highest BCUT2D eigenvalue weighted by molar-refractivity contribution is 5.92. The van der Waals surface area contributed by atoms with Crippen LogP contribution in [-0.2, 0) is 24.8 Å². The third kappa shape index (κ3) is 2.88. The lowest BCUT2D eigenvalue weighted by molar-refractivity contribution is -0.228. The molecule has 1 saturated heterocycles. The first-order valence-electron chi connectivity index (χ1n) is 12.7. The number of Topliss-reactive ketones (excluding diaryl/α,β-unsaturated/α-hetero) is 1. The Labute approximate surface area is 199 Å². The number of aliphatic hydroxyl groups excluding tert-OH is 1. The molecule has 3 saturated carbocycles. The minimum atomic E-state index is -1.22. The fourth-order valence-electron chi connectivity index (χ4n) is 8.63. The van der Waals surface area contributed by atoms with Crippen molar-refractivity contribution in [3.63, 3.8) is 0 Å². The summed E-state index contributed by atoms with van der Waals surface area (Å²) in [6, 6.07) is 6.03. The van der Waals surface area contributed by atoms with Crippen LogP contribution in [0.4, 0.5) is 4.39 Å². The van der Waals surface area contributed by atoms with E-state index in [1.165, 1.54) is 17.7 Å². The predicted octanol–water partition coefficient (Wildman–Crippen LogP) is 4.47. The maximum Gasteiger partial charge on any atom is 0.193 e. The van der Waals surface area contributed by atoms with Crippen molar-refractivity contribution in [2.24, 2.45) is 29.1 Å². The van der Waals surface area contributed by atoms with Crippen LogP contribution < -0.4 is 0 Å². The van der Waals surface area contributed by atoms with E-state index in [0.717, 1.165) is 32.1 Å². The van der Waals surface area contributed by atoms with Crippen molar-refractivity contribution in [1.82, 2.24) is 0 Å². The van der Waals surface area contributed by atoms with E-state index >= 15 is 0 Å². The molecular formula is C28H33FO5. The van der Waals surface area contributed by atoms with Gasteiger partial charge in [-0.05, 0) is 87.3 Å². The molecule has 0 radical (unpaired) electrons. The van der Waals surface area contributed by atoms with Crippen molar-refractivity contribution in [2.75, 3.05) is 6.61 Å². The average Bonchev–Trinajstić information content (AvgIpc) is 3.26. The molecule has 8 atom stereocenters. The van der Waals surface area contributed by atoms with E-state index in [2.05, 4.69) is 6.92 Å². The molecule has 1 aromatic carbocycles. The van der Waals surface area contributed by atoms with Gasteiger partial charge in [0.25, 0.3) is 0 Å². The molecule has 182 valence electrons. The Balaban J connectivity index is 1.37. The monoisotopic (exact) mass is 467 g/mol. The molecule has 0 aromatic heterocycles. The molecule has 0 unspecified atom stereocenters. The zero-order valence-corrected chi connectivity index (χ0v) is 19.9. The van der Waals surface area contributed by atoms with Gasteiger partial charge < -0.3 is 14.6 Å². The number of hydrogen-bond donors (Lipinski definition) is 1. The van der Waals surface area contributed by atoms with Gasteiger partial charge >= 0.3 is 0 Å². The Morgan fingerprint density at radius 1 is 1.12 bits per heavy atom. The second kappa shape index (κ2) is 7.55. The molecule has 1 heterocycles. The summed E-state index contributed by atoms with van der Waals surface area (Å²) in [6.07, 6.45) is 7.51. The van der Waals surface area contributed by atoms with Crippen molar-refractivity contribution in [2.45, 2.75) is 76.3 Å². The van der Waals surface area contributed by atoms with Crippen molar-refractivity contribution < 1.29 is 28.6 Å². The van der Waals surface area contributed by atoms with E-state index in [9.17, 15) is 19.1 Å². The minimum Gasteiger partial charge on any atom is -0.388 e. The van der Waals surface area contributed by atoms with Crippen LogP contribution in [0.1, 0.15) is 64.4 Å². The van der Waals surface area contributed by atoms with Crippen molar-refractivity contribution in [1.29, 1.82) is 0 Å². The number of ether oxygens (including phenoxy) is 2. The van der Waals surface area contributed by atoms with Gasteiger partial charge in [0.1, 0.15) is 12.4 Å². The molecule has 0 spiro atoms. The van der Waals surface area contributed by atoms with E-state index in [-0.39, 0.29) is 23.3 Å². The molecule has 4 aliphatic carbocycles. The molecule has 0 amide bonds. The summed E-state index contributed by atoms with van der Waals surface area (Å²) in [6.45, 7) is 3.37. The van der Waals surface area contributed by atoms with Crippen LogP contribution in [0.5, 0.6) is 0 Å². The van der Waals surface area contributed by atoms with Crippen molar-refractivity contribution in [3.05, 3.63) is 47.3 Å². The second-order valence-corrected chi connectivity index (χ2v) is 11.5. The number of rotatable bonds is 3. The first-order valence-corrected chi connectivity index (χ1v) is 12.7. The summed E-state index contributed by atoms with van der Waals surface area (Å²) in [5.41, 5.74) is 0.319. The van der Waals surface area contributed by atoms with E-state index in [0.29, 0.717) is 36.2 Å². The van der Waals surface area contributed by atoms with Gasteiger partial charge in [0.2, 0.25) is 0 Å².